The number of nitrogens with one attached hydrogen (secondary N) is 2. The van der Waals surface area contributed by atoms with Gasteiger partial charge >= 0.3 is 0 Å². The van der Waals surface area contributed by atoms with Crippen LogP contribution in [0.1, 0.15) is 6.42 Å². The van der Waals surface area contributed by atoms with E-state index < -0.39 is 0 Å². The summed E-state index contributed by atoms with van der Waals surface area (Å²) in [5.41, 5.74) is 0. The van der Waals surface area contributed by atoms with E-state index >= 15 is 0 Å². The maximum atomic E-state index is 3.45. The summed E-state index contributed by atoms with van der Waals surface area (Å²) in [5, 5.41) is 6.89. The third kappa shape index (κ3) is 1.48. The van der Waals surface area contributed by atoms with Gasteiger partial charge in [0.2, 0.25) is 0 Å². The quantitative estimate of drug-likeness (QED) is 0.469. The van der Waals surface area contributed by atoms with Crippen LogP contribution in [0, 0.1) is 11.8 Å². The second-order valence-corrected chi connectivity index (χ2v) is 3.28. The van der Waals surface area contributed by atoms with Crippen molar-refractivity contribution < 1.29 is 0 Å². The highest BCUT2D eigenvalue weighted by atomic mass is 15.0. The van der Waals surface area contributed by atoms with Crippen molar-refractivity contribution in [3.8, 4) is 0 Å². The zero-order chi connectivity index (χ0) is 6.10. The minimum absolute atomic E-state index is 0. The molecular formula is C7H14N3. The fraction of sp³-hybridized carbons (Fsp3) is 1.00. The molecule has 2 N–H and O–H groups in total. The predicted molar refractivity (Wildman–Crippen MR) is 39.5 cm³/mol. The third-order valence-corrected chi connectivity index (χ3v) is 2.40. The Morgan fingerprint density at radius 1 is 0.800 bits per heavy atom. The van der Waals surface area contributed by atoms with Crippen molar-refractivity contribution >= 4 is 0 Å². The molecule has 0 unspecified atom stereocenters. The molecule has 0 aromatic carbocycles. The third-order valence-electron chi connectivity index (χ3n) is 2.40. The molecule has 0 spiro atoms. The summed E-state index contributed by atoms with van der Waals surface area (Å²) in [4.78, 5) is 0. The summed E-state index contributed by atoms with van der Waals surface area (Å²) in [6, 6.07) is 0. The summed E-state index contributed by atoms with van der Waals surface area (Å²) >= 11 is 0. The van der Waals surface area contributed by atoms with Crippen LogP contribution in [0.15, 0.2) is 0 Å². The van der Waals surface area contributed by atoms with Crippen molar-refractivity contribution in [3.05, 3.63) is 0 Å². The van der Waals surface area contributed by atoms with Gasteiger partial charge in [0, 0.05) is 6.15 Å². The van der Waals surface area contributed by atoms with Crippen LogP contribution in [0.4, 0.5) is 0 Å². The molecule has 3 heteroatoms. The topological polar surface area (TPSA) is 54.6 Å². The molecule has 2 aliphatic rings. The Kier molecular flexibility index (Phi) is 2.65. The van der Waals surface area contributed by atoms with Gasteiger partial charge in [-0.15, -0.1) is 0 Å². The van der Waals surface area contributed by atoms with Crippen molar-refractivity contribution in [2.75, 3.05) is 26.2 Å². The van der Waals surface area contributed by atoms with Crippen LogP contribution in [0.2, 0.25) is 0 Å². The van der Waals surface area contributed by atoms with E-state index in [1.807, 2.05) is 0 Å². The minimum Gasteiger partial charge on any atom is -0.316 e. The molecule has 2 heterocycles. The van der Waals surface area contributed by atoms with E-state index in [1.54, 1.807) is 0 Å². The lowest BCUT2D eigenvalue weighted by atomic mass is 9.87. The van der Waals surface area contributed by atoms with E-state index in [0.717, 1.165) is 11.8 Å². The summed E-state index contributed by atoms with van der Waals surface area (Å²) in [7, 11) is 0. The average Bonchev–Trinajstić information content (AvgIpc) is 1.88. The zero-order valence-corrected chi connectivity index (χ0v) is 6.14. The van der Waals surface area contributed by atoms with Crippen LogP contribution in [-0.2, 0) is 0 Å². The summed E-state index contributed by atoms with van der Waals surface area (Å²) in [6.45, 7) is 4.96. The molecule has 3 nitrogen and oxygen atoms in total. The predicted octanol–water partition coefficient (Wildman–Crippen LogP) is -0.665. The van der Waals surface area contributed by atoms with E-state index in [0.29, 0.717) is 0 Å². The van der Waals surface area contributed by atoms with Gasteiger partial charge in [-0.1, -0.05) is 0 Å². The van der Waals surface area contributed by atoms with Crippen molar-refractivity contribution in [2.45, 2.75) is 6.42 Å². The molecule has 2 saturated heterocycles. The fourth-order valence-electron chi connectivity index (χ4n) is 1.93. The number of rotatable bonds is 0. The van der Waals surface area contributed by atoms with Gasteiger partial charge in [0.05, 0.1) is 0 Å². The molecule has 0 aromatic rings. The lowest BCUT2D eigenvalue weighted by molar-refractivity contribution is 0.226. The standard InChI is InChI=1S/C7H14N2.N/c1-6-2-8-4-7(1)5-9-3-6;/h6-9H,1-5H2;. The molecule has 0 aromatic heterocycles. The second kappa shape index (κ2) is 3.32. The van der Waals surface area contributed by atoms with Gasteiger partial charge in [-0.2, -0.15) is 0 Å². The Balaban J connectivity index is 0.000000500. The van der Waals surface area contributed by atoms with Gasteiger partial charge in [0.25, 0.3) is 0 Å². The zero-order valence-electron chi connectivity index (χ0n) is 6.14. The minimum atomic E-state index is 0. The fourth-order valence-corrected chi connectivity index (χ4v) is 1.93. The van der Waals surface area contributed by atoms with Crippen LogP contribution >= 0.6 is 0 Å². The Bertz CT molecular complexity index is 85.0. The molecule has 57 valence electrons. The average molecular weight is 140 g/mol. The van der Waals surface area contributed by atoms with Gasteiger partial charge in [-0.3, -0.25) is 0 Å². The van der Waals surface area contributed by atoms with Crippen LogP contribution in [0.25, 0.3) is 0 Å². The first-order valence-electron chi connectivity index (χ1n) is 3.86. The lowest BCUT2D eigenvalue weighted by Crippen LogP contribution is -2.49. The van der Waals surface area contributed by atoms with E-state index in [2.05, 4.69) is 10.6 Å². The molecule has 2 bridgehead atoms. The van der Waals surface area contributed by atoms with Crippen molar-refractivity contribution in [1.29, 1.82) is 0 Å². The number of piperidine rings is 2. The van der Waals surface area contributed by atoms with Gasteiger partial charge in [-0.25, -0.2) is 0 Å². The first-order chi connectivity index (χ1) is 4.45. The van der Waals surface area contributed by atoms with Crippen LogP contribution in [0.5, 0.6) is 0 Å². The highest BCUT2D eigenvalue weighted by Crippen LogP contribution is 2.18. The van der Waals surface area contributed by atoms with Crippen molar-refractivity contribution in [2.24, 2.45) is 11.8 Å². The van der Waals surface area contributed by atoms with E-state index in [9.17, 15) is 0 Å². The number of hydrogen-bond acceptors (Lipinski definition) is 2. The summed E-state index contributed by atoms with van der Waals surface area (Å²) in [5.74, 6) is 1.86. The summed E-state index contributed by atoms with van der Waals surface area (Å²) < 4.78 is 0. The van der Waals surface area contributed by atoms with Crippen LogP contribution in [-0.4, -0.2) is 26.2 Å². The van der Waals surface area contributed by atoms with Crippen LogP contribution in [0.3, 0.4) is 0 Å². The number of hydrogen-bond donors (Lipinski definition) is 2. The van der Waals surface area contributed by atoms with Crippen molar-refractivity contribution in [3.63, 3.8) is 0 Å². The van der Waals surface area contributed by atoms with Crippen molar-refractivity contribution in [1.82, 2.24) is 16.8 Å². The largest absolute Gasteiger partial charge is 0.316 e. The first-order valence-corrected chi connectivity index (χ1v) is 3.86. The van der Waals surface area contributed by atoms with E-state index in [1.165, 1.54) is 32.6 Å². The molecule has 2 aliphatic heterocycles. The second-order valence-electron chi connectivity index (χ2n) is 3.28. The molecule has 2 fully saturated rings. The molecule has 0 saturated carbocycles. The Morgan fingerprint density at radius 2 is 1.20 bits per heavy atom. The Hall–Kier alpha value is -0.120. The number of fused-ring (bicyclic) bond motifs is 2. The normalized spacial score (nSPS) is 38.4. The maximum absolute atomic E-state index is 3.45. The van der Waals surface area contributed by atoms with E-state index in [4.69, 9.17) is 0 Å². The summed E-state index contributed by atoms with van der Waals surface area (Å²) in [6.07, 6.45) is 1.46. The lowest BCUT2D eigenvalue weighted by Gasteiger charge is -2.35. The smallest absolute Gasteiger partial charge is 0 e. The van der Waals surface area contributed by atoms with Gasteiger partial charge < -0.3 is 10.6 Å². The van der Waals surface area contributed by atoms with E-state index in [-0.39, 0.29) is 6.15 Å². The Morgan fingerprint density at radius 3 is 1.50 bits per heavy atom. The van der Waals surface area contributed by atoms with Crippen LogP contribution < -0.4 is 16.8 Å². The molecule has 3 radical (unpaired) electrons. The first kappa shape index (κ1) is 7.98. The Labute approximate surface area is 62.2 Å². The monoisotopic (exact) mass is 140 g/mol. The highest BCUT2D eigenvalue weighted by Gasteiger charge is 2.24. The molecule has 2 rings (SSSR count). The highest BCUT2D eigenvalue weighted by molar-refractivity contribution is 4.83. The molecule has 10 heavy (non-hydrogen) atoms. The molecule has 0 atom stereocenters. The molecule has 0 amide bonds. The molecule has 0 aliphatic carbocycles. The number of nitrogens with zero attached hydrogens (tertiary/aromatic N) is 1. The van der Waals surface area contributed by atoms with Gasteiger partial charge in [0.1, 0.15) is 0 Å². The van der Waals surface area contributed by atoms with Gasteiger partial charge in [-0.05, 0) is 44.4 Å². The van der Waals surface area contributed by atoms with Gasteiger partial charge in [0.15, 0.2) is 0 Å². The maximum Gasteiger partial charge on any atom is 0 e. The molecular weight excluding hydrogens is 126 g/mol. The SMILES string of the molecule is C1NCC2CNCC1C2.[N].